The first-order valence-corrected chi connectivity index (χ1v) is 5.65. The largest absolute Gasteiger partial charge is 0.396 e. The maximum Gasteiger partial charge on any atom is 0.310 e. The quantitative estimate of drug-likeness (QED) is 0.629. The molecular weight excluding hydrogens is 244 g/mol. The number of aliphatic hydroxyl groups is 1. The Balaban J connectivity index is 2.98. The molecule has 2 unspecified atom stereocenters. The monoisotopic (exact) mass is 258 g/mol. The van der Waals surface area contributed by atoms with Crippen molar-refractivity contribution >= 4 is 23.0 Å². The van der Waals surface area contributed by atoms with Crippen LogP contribution in [0.25, 0.3) is 0 Å². The molecular formula is C11H15ClN2O3. The molecule has 1 aromatic carbocycles. The molecule has 0 fully saturated rings. The minimum Gasteiger partial charge on any atom is -0.396 e. The summed E-state index contributed by atoms with van der Waals surface area (Å²) in [5.41, 5.74) is 0.237. The molecule has 0 bridgehead atoms. The topological polar surface area (TPSA) is 75.4 Å². The number of nitrogens with one attached hydrogen (secondary N) is 1. The minimum absolute atomic E-state index is 0.00594. The number of nitro benzene ring substituents is 1. The lowest BCUT2D eigenvalue weighted by Gasteiger charge is -2.20. The van der Waals surface area contributed by atoms with Crippen molar-refractivity contribution < 1.29 is 10.0 Å². The summed E-state index contributed by atoms with van der Waals surface area (Å²) in [7, 11) is 0. The number of para-hydroxylation sites is 1. The molecule has 1 rings (SSSR count). The summed E-state index contributed by atoms with van der Waals surface area (Å²) in [6.45, 7) is 3.72. The molecule has 0 saturated heterocycles. The molecule has 1 aromatic rings. The SMILES string of the molecule is CC(CO)C(C)Nc1cccc(Cl)c1[N+](=O)[O-]. The molecule has 94 valence electrons. The lowest BCUT2D eigenvalue weighted by Crippen LogP contribution is -2.26. The lowest BCUT2D eigenvalue weighted by atomic mass is 10.0. The van der Waals surface area contributed by atoms with Crippen molar-refractivity contribution in [2.45, 2.75) is 19.9 Å². The summed E-state index contributed by atoms with van der Waals surface area (Å²) in [6, 6.07) is 4.64. The molecule has 2 atom stereocenters. The van der Waals surface area contributed by atoms with Crippen molar-refractivity contribution in [1.29, 1.82) is 0 Å². The van der Waals surface area contributed by atoms with Gasteiger partial charge in [-0.1, -0.05) is 24.6 Å². The summed E-state index contributed by atoms with van der Waals surface area (Å²) in [5.74, 6) is -0.00594. The molecule has 5 nitrogen and oxygen atoms in total. The van der Waals surface area contributed by atoms with Crippen molar-refractivity contribution in [1.82, 2.24) is 0 Å². The average Bonchev–Trinajstić information content (AvgIpc) is 2.27. The van der Waals surface area contributed by atoms with E-state index in [4.69, 9.17) is 16.7 Å². The third kappa shape index (κ3) is 3.31. The van der Waals surface area contributed by atoms with Gasteiger partial charge in [0.05, 0.1) is 4.92 Å². The number of nitrogens with zero attached hydrogens (tertiary/aromatic N) is 1. The standard InChI is InChI=1S/C11H15ClN2O3/c1-7(6-15)8(2)13-10-5-3-4-9(12)11(10)14(16)17/h3-5,7-8,13,15H,6H2,1-2H3. The zero-order valence-electron chi connectivity index (χ0n) is 9.68. The fraction of sp³-hybridized carbons (Fsp3) is 0.455. The summed E-state index contributed by atoms with van der Waals surface area (Å²) >= 11 is 5.79. The van der Waals surface area contributed by atoms with Gasteiger partial charge in [0.1, 0.15) is 10.7 Å². The van der Waals surface area contributed by atoms with Crippen molar-refractivity contribution in [3.8, 4) is 0 Å². The van der Waals surface area contributed by atoms with Crippen LogP contribution in [0, 0.1) is 16.0 Å². The van der Waals surface area contributed by atoms with Crippen molar-refractivity contribution in [3.63, 3.8) is 0 Å². The molecule has 17 heavy (non-hydrogen) atoms. The minimum atomic E-state index is -0.513. The van der Waals surface area contributed by atoms with Gasteiger partial charge in [0, 0.05) is 12.6 Å². The average molecular weight is 259 g/mol. The van der Waals surface area contributed by atoms with Crippen LogP contribution in [-0.2, 0) is 0 Å². The Morgan fingerprint density at radius 2 is 2.18 bits per heavy atom. The molecule has 0 heterocycles. The van der Waals surface area contributed by atoms with Crippen LogP contribution >= 0.6 is 11.6 Å². The summed E-state index contributed by atoms with van der Waals surface area (Å²) < 4.78 is 0. The first kappa shape index (κ1) is 13.7. The van der Waals surface area contributed by atoms with E-state index in [-0.39, 0.29) is 29.3 Å². The second-order valence-electron chi connectivity index (χ2n) is 3.99. The number of hydrogen-bond donors (Lipinski definition) is 2. The van der Waals surface area contributed by atoms with E-state index in [0.717, 1.165) is 0 Å². The van der Waals surface area contributed by atoms with Crippen LogP contribution in [0.15, 0.2) is 18.2 Å². The number of nitro groups is 1. The Labute approximate surface area is 105 Å². The molecule has 0 radical (unpaired) electrons. The number of aliphatic hydroxyl groups excluding tert-OH is 1. The first-order valence-electron chi connectivity index (χ1n) is 5.27. The zero-order valence-corrected chi connectivity index (χ0v) is 10.4. The number of anilines is 1. The van der Waals surface area contributed by atoms with E-state index >= 15 is 0 Å². The highest BCUT2D eigenvalue weighted by Crippen LogP contribution is 2.33. The fourth-order valence-electron chi connectivity index (χ4n) is 1.36. The Hall–Kier alpha value is -1.33. The van der Waals surface area contributed by atoms with Crippen LogP contribution < -0.4 is 5.32 Å². The van der Waals surface area contributed by atoms with E-state index in [0.29, 0.717) is 5.69 Å². The molecule has 0 aliphatic rings. The summed E-state index contributed by atoms with van der Waals surface area (Å²) in [4.78, 5) is 10.4. The van der Waals surface area contributed by atoms with Gasteiger partial charge in [-0.2, -0.15) is 0 Å². The van der Waals surface area contributed by atoms with Crippen LogP contribution in [0.5, 0.6) is 0 Å². The Morgan fingerprint density at radius 3 is 2.71 bits per heavy atom. The highest BCUT2D eigenvalue weighted by Gasteiger charge is 2.21. The fourth-order valence-corrected chi connectivity index (χ4v) is 1.61. The zero-order chi connectivity index (χ0) is 13.0. The Bertz CT molecular complexity index is 412. The maximum atomic E-state index is 10.9. The van der Waals surface area contributed by atoms with Crippen LogP contribution in [0.4, 0.5) is 11.4 Å². The number of halogens is 1. The van der Waals surface area contributed by atoms with Gasteiger partial charge in [-0.15, -0.1) is 0 Å². The second kappa shape index (κ2) is 5.84. The predicted octanol–water partition coefficient (Wildman–Crippen LogP) is 2.68. The van der Waals surface area contributed by atoms with Gasteiger partial charge in [0.15, 0.2) is 0 Å². The highest BCUT2D eigenvalue weighted by molar-refractivity contribution is 6.33. The van der Waals surface area contributed by atoms with Gasteiger partial charge < -0.3 is 10.4 Å². The van der Waals surface area contributed by atoms with Gasteiger partial charge in [-0.3, -0.25) is 10.1 Å². The molecule has 6 heteroatoms. The smallest absolute Gasteiger partial charge is 0.310 e. The van der Waals surface area contributed by atoms with Crippen molar-refractivity contribution in [2.75, 3.05) is 11.9 Å². The third-order valence-corrected chi connectivity index (χ3v) is 3.00. The molecule has 0 amide bonds. The molecule has 0 aliphatic carbocycles. The van der Waals surface area contributed by atoms with Gasteiger partial charge in [0.25, 0.3) is 0 Å². The first-order chi connectivity index (χ1) is 7.97. The van der Waals surface area contributed by atoms with E-state index in [1.165, 1.54) is 6.07 Å². The van der Waals surface area contributed by atoms with E-state index < -0.39 is 4.92 Å². The van der Waals surface area contributed by atoms with Crippen LogP contribution in [0.3, 0.4) is 0 Å². The number of hydrogen-bond acceptors (Lipinski definition) is 4. The van der Waals surface area contributed by atoms with Crippen LogP contribution in [-0.4, -0.2) is 22.7 Å². The highest BCUT2D eigenvalue weighted by atomic mass is 35.5. The van der Waals surface area contributed by atoms with Crippen LogP contribution in [0.1, 0.15) is 13.8 Å². The van der Waals surface area contributed by atoms with Gasteiger partial charge in [-0.25, -0.2) is 0 Å². The third-order valence-electron chi connectivity index (χ3n) is 2.69. The number of benzene rings is 1. The van der Waals surface area contributed by atoms with E-state index in [2.05, 4.69) is 5.32 Å². The van der Waals surface area contributed by atoms with Gasteiger partial charge in [-0.05, 0) is 25.0 Å². The van der Waals surface area contributed by atoms with Crippen LogP contribution in [0.2, 0.25) is 5.02 Å². The van der Waals surface area contributed by atoms with E-state index in [1.54, 1.807) is 12.1 Å². The summed E-state index contributed by atoms with van der Waals surface area (Å²) in [5, 5.41) is 23.0. The van der Waals surface area contributed by atoms with Crippen molar-refractivity contribution in [2.24, 2.45) is 5.92 Å². The Kier molecular flexibility index (Phi) is 4.72. The normalized spacial score (nSPS) is 14.1. The maximum absolute atomic E-state index is 10.9. The van der Waals surface area contributed by atoms with Crippen molar-refractivity contribution in [3.05, 3.63) is 33.3 Å². The second-order valence-corrected chi connectivity index (χ2v) is 4.39. The van der Waals surface area contributed by atoms with Gasteiger partial charge in [0.2, 0.25) is 0 Å². The molecule has 0 aromatic heterocycles. The predicted molar refractivity (Wildman–Crippen MR) is 67.4 cm³/mol. The van der Waals surface area contributed by atoms with Gasteiger partial charge >= 0.3 is 5.69 Å². The molecule has 2 N–H and O–H groups in total. The van der Waals surface area contributed by atoms with E-state index in [9.17, 15) is 10.1 Å². The molecule has 0 saturated carbocycles. The number of rotatable bonds is 5. The van der Waals surface area contributed by atoms with E-state index in [1.807, 2.05) is 13.8 Å². The molecule has 0 spiro atoms. The molecule has 0 aliphatic heterocycles. The summed E-state index contributed by atoms with van der Waals surface area (Å²) in [6.07, 6.45) is 0. The Morgan fingerprint density at radius 1 is 1.53 bits per heavy atom. The lowest BCUT2D eigenvalue weighted by molar-refractivity contribution is -0.383.